The number of aromatic nitrogens is 2. The highest BCUT2D eigenvalue weighted by atomic mass is 19.1. The Morgan fingerprint density at radius 2 is 2.10 bits per heavy atom. The van der Waals surface area contributed by atoms with Crippen LogP contribution in [0.1, 0.15) is 12.5 Å². The van der Waals surface area contributed by atoms with Gasteiger partial charge in [-0.1, -0.05) is 25.1 Å². The molecule has 0 atom stereocenters. The van der Waals surface area contributed by atoms with E-state index in [0.717, 1.165) is 29.7 Å². The summed E-state index contributed by atoms with van der Waals surface area (Å²) in [6, 6.07) is 12.6. The molecule has 0 aliphatic heterocycles. The lowest BCUT2D eigenvalue weighted by Crippen LogP contribution is -2.11. The van der Waals surface area contributed by atoms with Gasteiger partial charge >= 0.3 is 0 Å². The van der Waals surface area contributed by atoms with Crippen molar-refractivity contribution in [2.45, 2.75) is 13.5 Å². The minimum Gasteiger partial charge on any atom is -0.338 e. The van der Waals surface area contributed by atoms with Crippen molar-refractivity contribution in [3.8, 4) is 11.4 Å². The van der Waals surface area contributed by atoms with Crippen LogP contribution in [0, 0.1) is 5.82 Å². The van der Waals surface area contributed by atoms with Crippen LogP contribution < -0.4 is 5.32 Å². The molecule has 0 spiro atoms. The number of imidazole rings is 1. The second-order valence-corrected chi connectivity index (χ2v) is 4.73. The van der Waals surface area contributed by atoms with Crippen LogP contribution in [0.15, 0.2) is 42.5 Å². The van der Waals surface area contributed by atoms with Crippen molar-refractivity contribution >= 4 is 11.0 Å². The number of rotatable bonds is 4. The lowest BCUT2D eigenvalue weighted by molar-refractivity contribution is 0.628. The fourth-order valence-corrected chi connectivity index (χ4v) is 2.21. The fraction of sp³-hybridized carbons (Fsp3) is 0.188. The minimum absolute atomic E-state index is 0.254. The van der Waals surface area contributed by atoms with Crippen LogP contribution in [-0.4, -0.2) is 16.5 Å². The third-order valence-electron chi connectivity index (χ3n) is 3.22. The van der Waals surface area contributed by atoms with E-state index in [-0.39, 0.29) is 5.82 Å². The number of fused-ring (bicyclic) bond motifs is 1. The molecule has 102 valence electrons. The van der Waals surface area contributed by atoms with Crippen molar-refractivity contribution in [1.29, 1.82) is 0 Å². The van der Waals surface area contributed by atoms with Gasteiger partial charge in [0.05, 0.1) is 11.0 Å². The van der Waals surface area contributed by atoms with Gasteiger partial charge in [0, 0.05) is 12.1 Å². The van der Waals surface area contributed by atoms with Crippen LogP contribution in [0.25, 0.3) is 22.4 Å². The van der Waals surface area contributed by atoms with E-state index in [1.165, 1.54) is 17.7 Å². The van der Waals surface area contributed by atoms with Crippen molar-refractivity contribution in [2.75, 3.05) is 6.54 Å². The molecular weight excluding hydrogens is 253 g/mol. The topological polar surface area (TPSA) is 40.7 Å². The summed E-state index contributed by atoms with van der Waals surface area (Å²) in [4.78, 5) is 7.75. The van der Waals surface area contributed by atoms with Crippen LogP contribution in [-0.2, 0) is 6.54 Å². The molecule has 4 heteroatoms. The highest BCUT2D eigenvalue weighted by molar-refractivity contribution is 5.80. The Hall–Kier alpha value is -2.20. The van der Waals surface area contributed by atoms with Crippen molar-refractivity contribution in [3.63, 3.8) is 0 Å². The molecule has 0 bridgehead atoms. The summed E-state index contributed by atoms with van der Waals surface area (Å²) >= 11 is 0. The molecule has 2 aromatic carbocycles. The first-order valence-corrected chi connectivity index (χ1v) is 6.71. The average Bonchev–Trinajstić information content (AvgIpc) is 2.88. The van der Waals surface area contributed by atoms with E-state index >= 15 is 0 Å². The summed E-state index contributed by atoms with van der Waals surface area (Å²) in [5, 5.41) is 3.29. The maximum atomic E-state index is 13.3. The Kier molecular flexibility index (Phi) is 3.48. The van der Waals surface area contributed by atoms with E-state index in [0.29, 0.717) is 5.82 Å². The molecule has 0 aliphatic carbocycles. The summed E-state index contributed by atoms with van der Waals surface area (Å²) in [6.07, 6.45) is 0. The summed E-state index contributed by atoms with van der Waals surface area (Å²) in [5.41, 5.74) is 3.83. The quantitative estimate of drug-likeness (QED) is 0.761. The third kappa shape index (κ3) is 2.56. The lowest BCUT2D eigenvalue weighted by atomic mass is 10.2. The lowest BCUT2D eigenvalue weighted by Gasteiger charge is -2.00. The number of hydrogen-bond acceptors (Lipinski definition) is 2. The SMILES string of the molecule is CCNCc1ccc2nc(-c3cccc(F)c3)[nH]c2c1. The highest BCUT2D eigenvalue weighted by Gasteiger charge is 2.06. The Bertz CT molecular complexity index is 733. The standard InChI is InChI=1S/C16H16FN3/c1-2-18-10-11-6-7-14-15(8-11)20-16(19-14)12-4-3-5-13(17)9-12/h3-9,18H,2,10H2,1H3,(H,19,20). The van der Waals surface area contributed by atoms with Crippen molar-refractivity contribution in [1.82, 2.24) is 15.3 Å². The number of halogens is 1. The van der Waals surface area contributed by atoms with Crippen LogP contribution in [0.3, 0.4) is 0 Å². The monoisotopic (exact) mass is 269 g/mol. The minimum atomic E-state index is -0.254. The first kappa shape index (κ1) is 12.8. The molecule has 0 fully saturated rings. The molecule has 0 unspecified atom stereocenters. The van der Waals surface area contributed by atoms with Crippen molar-refractivity contribution in [2.24, 2.45) is 0 Å². The van der Waals surface area contributed by atoms with Crippen LogP contribution in [0.5, 0.6) is 0 Å². The number of hydrogen-bond donors (Lipinski definition) is 2. The summed E-state index contributed by atoms with van der Waals surface area (Å²) in [5.74, 6) is 0.441. The summed E-state index contributed by atoms with van der Waals surface area (Å²) < 4.78 is 13.3. The molecule has 1 heterocycles. The predicted octanol–water partition coefficient (Wildman–Crippen LogP) is 3.48. The van der Waals surface area contributed by atoms with Crippen LogP contribution >= 0.6 is 0 Å². The van der Waals surface area contributed by atoms with Crippen LogP contribution in [0.2, 0.25) is 0 Å². The second kappa shape index (κ2) is 5.43. The van der Waals surface area contributed by atoms with E-state index < -0.39 is 0 Å². The molecular formula is C16H16FN3. The normalized spacial score (nSPS) is 11.1. The van der Waals surface area contributed by atoms with Gasteiger partial charge in [-0.15, -0.1) is 0 Å². The molecule has 3 rings (SSSR count). The van der Waals surface area contributed by atoms with E-state index in [2.05, 4.69) is 34.3 Å². The zero-order valence-electron chi connectivity index (χ0n) is 11.3. The largest absolute Gasteiger partial charge is 0.338 e. The van der Waals surface area contributed by atoms with Gasteiger partial charge in [-0.25, -0.2) is 9.37 Å². The molecule has 3 aromatic rings. The molecule has 2 N–H and O–H groups in total. The molecule has 0 saturated heterocycles. The average molecular weight is 269 g/mol. The Balaban J connectivity index is 1.98. The van der Waals surface area contributed by atoms with Gasteiger partial charge in [0.1, 0.15) is 11.6 Å². The maximum absolute atomic E-state index is 13.3. The van der Waals surface area contributed by atoms with E-state index in [1.54, 1.807) is 6.07 Å². The van der Waals surface area contributed by atoms with Gasteiger partial charge in [0.25, 0.3) is 0 Å². The summed E-state index contributed by atoms with van der Waals surface area (Å²) in [6.45, 7) is 3.85. The summed E-state index contributed by atoms with van der Waals surface area (Å²) in [7, 11) is 0. The van der Waals surface area contributed by atoms with Gasteiger partial charge in [0.15, 0.2) is 0 Å². The molecule has 0 amide bonds. The van der Waals surface area contributed by atoms with Crippen molar-refractivity contribution in [3.05, 3.63) is 53.8 Å². The Morgan fingerprint density at radius 1 is 1.20 bits per heavy atom. The first-order valence-electron chi connectivity index (χ1n) is 6.71. The zero-order chi connectivity index (χ0) is 13.9. The zero-order valence-corrected chi connectivity index (χ0v) is 11.3. The number of nitrogens with one attached hydrogen (secondary N) is 2. The molecule has 3 nitrogen and oxygen atoms in total. The smallest absolute Gasteiger partial charge is 0.138 e. The van der Waals surface area contributed by atoms with Gasteiger partial charge < -0.3 is 10.3 Å². The molecule has 0 aliphatic rings. The fourth-order valence-electron chi connectivity index (χ4n) is 2.21. The highest BCUT2D eigenvalue weighted by Crippen LogP contribution is 2.21. The molecule has 0 radical (unpaired) electrons. The van der Waals surface area contributed by atoms with Gasteiger partial charge in [-0.2, -0.15) is 0 Å². The maximum Gasteiger partial charge on any atom is 0.138 e. The Labute approximate surface area is 116 Å². The molecule has 20 heavy (non-hydrogen) atoms. The Morgan fingerprint density at radius 3 is 2.90 bits per heavy atom. The van der Waals surface area contributed by atoms with E-state index in [9.17, 15) is 4.39 Å². The van der Waals surface area contributed by atoms with Gasteiger partial charge in [0.2, 0.25) is 0 Å². The van der Waals surface area contributed by atoms with Crippen molar-refractivity contribution < 1.29 is 4.39 Å². The van der Waals surface area contributed by atoms with E-state index in [1.807, 2.05) is 12.1 Å². The molecule has 0 saturated carbocycles. The predicted molar refractivity (Wildman–Crippen MR) is 78.9 cm³/mol. The number of aromatic amines is 1. The van der Waals surface area contributed by atoms with Gasteiger partial charge in [-0.3, -0.25) is 0 Å². The first-order chi connectivity index (χ1) is 9.76. The van der Waals surface area contributed by atoms with Crippen LogP contribution in [0.4, 0.5) is 4.39 Å². The van der Waals surface area contributed by atoms with E-state index in [4.69, 9.17) is 0 Å². The van der Waals surface area contributed by atoms with Gasteiger partial charge in [-0.05, 0) is 36.4 Å². The molecule has 1 aromatic heterocycles. The number of H-pyrrole nitrogens is 1. The number of nitrogens with zero attached hydrogens (tertiary/aromatic N) is 1. The third-order valence-corrected chi connectivity index (χ3v) is 3.22. The second-order valence-electron chi connectivity index (χ2n) is 4.73. The number of benzene rings is 2.